The summed E-state index contributed by atoms with van der Waals surface area (Å²) in [5.41, 5.74) is 8.07. The van der Waals surface area contributed by atoms with Gasteiger partial charge in [0.1, 0.15) is 0 Å². The molecular formula is C13H17NO2. The maximum Gasteiger partial charge on any atom is 0.312 e. The normalized spacial score (nSPS) is 18.9. The molecule has 3 heteroatoms. The molecule has 0 aliphatic heterocycles. The standard InChI is InChI=1S/C13H17NO2/c1-9(12(15)16-2)10-5-3-4-6-11(10)13(14)7-8-13/h3-6,9H,7-8,14H2,1-2H3. The molecule has 1 aliphatic carbocycles. The van der Waals surface area contributed by atoms with E-state index in [0.717, 1.165) is 24.0 Å². The van der Waals surface area contributed by atoms with Crippen molar-refractivity contribution in [3.05, 3.63) is 35.4 Å². The van der Waals surface area contributed by atoms with Crippen LogP contribution >= 0.6 is 0 Å². The molecule has 0 saturated heterocycles. The summed E-state index contributed by atoms with van der Waals surface area (Å²) in [6.07, 6.45) is 2.00. The van der Waals surface area contributed by atoms with Crippen LogP contribution < -0.4 is 5.73 Å². The van der Waals surface area contributed by atoms with Gasteiger partial charge in [-0.2, -0.15) is 0 Å². The first-order valence-corrected chi connectivity index (χ1v) is 5.54. The van der Waals surface area contributed by atoms with Gasteiger partial charge in [0.05, 0.1) is 13.0 Å². The van der Waals surface area contributed by atoms with Crippen molar-refractivity contribution in [2.75, 3.05) is 7.11 Å². The highest BCUT2D eigenvalue weighted by Crippen LogP contribution is 2.45. The van der Waals surface area contributed by atoms with E-state index < -0.39 is 0 Å². The molecule has 1 unspecified atom stereocenters. The van der Waals surface area contributed by atoms with Gasteiger partial charge >= 0.3 is 5.97 Å². The highest BCUT2D eigenvalue weighted by atomic mass is 16.5. The Bertz CT molecular complexity index is 410. The van der Waals surface area contributed by atoms with E-state index >= 15 is 0 Å². The van der Waals surface area contributed by atoms with Crippen LogP contribution in [-0.2, 0) is 15.1 Å². The van der Waals surface area contributed by atoms with E-state index in [1.165, 1.54) is 7.11 Å². The number of rotatable bonds is 3. The second kappa shape index (κ2) is 3.91. The summed E-state index contributed by atoms with van der Waals surface area (Å²) in [4.78, 5) is 11.5. The van der Waals surface area contributed by atoms with E-state index in [0.29, 0.717) is 0 Å². The van der Waals surface area contributed by atoms with Gasteiger partial charge in [0.15, 0.2) is 0 Å². The first-order chi connectivity index (χ1) is 7.58. The van der Waals surface area contributed by atoms with E-state index in [-0.39, 0.29) is 17.4 Å². The number of hydrogen-bond donors (Lipinski definition) is 1. The molecule has 0 bridgehead atoms. The van der Waals surface area contributed by atoms with Gasteiger partial charge in [-0.25, -0.2) is 0 Å². The van der Waals surface area contributed by atoms with Crippen molar-refractivity contribution in [2.24, 2.45) is 5.73 Å². The maximum atomic E-state index is 11.5. The van der Waals surface area contributed by atoms with Crippen molar-refractivity contribution in [3.8, 4) is 0 Å². The third-order valence-electron chi connectivity index (χ3n) is 3.31. The van der Waals surface area contributed by atoms with E-state index in [9.17, 15) is 4.79 Å². The topological polar surface area (TPSA) is 52.3 Å². The zero-order chi connectivity index (χ0) is 11.8. The second-order valence-corrected chi connectivity index (χ2v) is 4.49. The van der Waals surface area contributed by atoms with Crippen LogP contribution in [0.5, 0.6) is 0 Å². The van der Waals surface area contributed by atoms with E-state index in [1.807, 2.05) is 31.2 Å². The van der Waals surface area contributed by atoms with Crippen LogP contribution in [0.25, 0.3) is 0 Å². The van der Waals surface area contributed by atoms with Gasteiger partial charge in [-0.15, -0.1) is 0 Å². The number of methoxy groups -OCH3 is 1. The molecule has 1 saturated carbocycles. The largest absolute Gasteiger partial charge is 0.469 e. The lowest BCUT2D eigenvalue weighted by atomic mass is 9.91. The van der Waals surface area contributed by atoms with Crippen LogP contribution in [-0.4, -0.2) is 13.1 Å². The Morgan fingerprint density at radius 3 is 2.62 bits per heavy atom. The Kier molecular flexibility index (Phi) is 2.72. The fourth-order valence-electron chi connectivity index (χ4n) is 2.04. The summed E-state index contributed by atoms with van der Waals surface area (Å²) in [6.45, 7) is 1.86. The summed E-state index contributed by atoms with van der Waals surface area (Å²) in [5, 5.41) is 0. The Hall–Kier alpha value is -1.35. The SMILES string of the molecule is COC(=O)C(C)c1ccccc1C1(N)CC1. The molecular weight excluding hydrogens is 202 g/mol. The minimum Gasteiger partial charge on any atom is -0.469 e. The van der Waals surface area contributed by atoms with Crippen LogP contribution in [0.1, 0.15) is 36.8 Å². The zero-order valence-electron chi connectivity index (χ0n) is 9.69. The van der Waals surface area contributed by atoms with Gasteiger partial charge in [-0.05, 0) is 30.9 Å². The Morgan fingerprint density at radius 1 is 1.44 bits per heavy atom. The number of benzene rings is 1. The third-order valence-corrected chi connectivity index (χ3v) is 3.31. The average molecular weight is 219 g/mol. The lowest BCUT2D eigenvalue weighted by Crippen LogP contribution is -2.23. The molecule has 0 radical (unpaired) electrons. The maximum absolute atomic E-state index is 11.5. The van der Waals surface area contributed by atoms with Crippen LogP contribution in [0.15, 0.2) is 24.3 Å². The number of carbonyl (C=O) groups excluding carboxylic acids is 1. The van der Waals surface area contributed by atoms with Gasteiger partial charge in [-0.3, -0.25) is 4.79 Å². The summed E-state index contributed by atoms with van der Waals surface area (Å²) in [5.74, 6) is -0.459. The lowest BCUT2D eigenvalue weighted by molar-refractivity contribution is -0.142. The predicted octanol–water partition coefficient (Wildman–Crippen LogP) is 1.91. The fourth-order valence-corrected chi connectivity index (χ4v) is 2.04. The van der Waals surface area contributed by atoms with Crippen molar-refractivity contribution >= 4 is 5.97 Å². The van der Waals surface area contributed by atoms with Crippen molar-refractivity contribution in [1.82, 2.24) is 0 Å². The highest BCUT2D eigenvalue weighted by molar-refractivity contribution is 5.78. The number of nitrogens with two attached hydrogens (primary N) is 1. The molecule has 2 N–H and O–H groups in total. The Balaban J connectivity index is 2.37. The summed E-state index contributed by atoms with van der Waals surface area (Å²) in [7, 11) is 1.41. The number of carbonyl (C=O) groups is 1. The van der Waals surface area contributed by atoms with Gasteiger partial charge < -0.3 is 10.5 Å². The predicted molar refractivity (Wildman–Crippen MR) is 62.0 cm³/mol. The molecule has 2 rings (SSSR count). The number of esters is 1. The lowest BCUT2D eigenvalue weighted by Gasteiger charge is -2.18. The zero-order valence-corrected chi connectivity index (χ0v) is 9.69. The van der Waals surface area contributed by atoms with Crippen molar-refractivity contribution in [1.29, 1.82) is 0 Å². The second-order valence-electron chi connectivity index (χ2n) is 4.49. The number of ether oxygens (including phenoxy) is 1. The van der Waals surface area contributed by atoms with Crippen LogP contribution in [0.3, 0.4) is 0 Å². The Labute approximate surface area is 95.6 Å². The molecule has 0 spiro atoms. The molecule has 1 aliphatic rings. The van der Waals surface area contributed by atoms with Crippen molar-refractivity contribution in [2.45, 2.75) is 31.2 Å². The minimum atomic E-state index is -0.248. The van der Waals surface area contributed by atoms with Crippen molar-refractivity contribution in [3.63, 3.8) is 0 Å². The molecule has 86 valence electrons. The fraction of sp³-hybridized carbons (Fsp3) is 0.462. The van der Waals surface area contributed by atoms with Gasteiger partial charge in [0, 0.05) is 5.54 Å². The summed E-state index contributed by atoms with van der Waals surface area (Å²) in [6, 6.07) is 7.88. The third kappa shape index (κ3) is 1.83. The molecule has 1 aromatic carbocycles. The highest BCUT2D eigenvalue weighted by Gasteiger charge is 2.42. The van der Waals surface area contributed by atoms with E-state index in [2.05, 4.69) is 0 Å². The van der Waals surface area contributed by atoms with Crippen LogP contribution in [0.2, 0.25) is 0 Å². The van der Waals surface area contributed by atoms with Crippen molar-refractivity contribution < 1.29 is 9.53 Å². The van der Waals surface area contributed by atoms with Crippen LogP contribution in [0, 0.1) is 0 Å². The molecule has 16 heavy (non-hydrogen) atoms. The summed E-state index contributed by atoms with van der Waals surface area (Å²) >= 11 is 0. The van der Waals surface area contributed by atoms with Gasteiger partial charge in [-0.1, -0.05) is 24.3 Å². The van der Waals surface area contributed by atoms with Gasteiger partial charge in [0.25, 0.3) is 0 Å². The monoisotopic (exact) mass is 219 g/mol. The molecule has 1 atom stereocenters. The molecule has 0 aromatic heterocycles. The molecule has 1 aromatic rings. The molecule has 1 fully saturated rings. The Morgan fingerprint density at radius 2 is 2.06 bits per heavy atom. The first-order valence-electron chi connectivity index (χ1n) is 5.54. The van der Waals surface area contributed by atoms with E-state index in [1.54, 1.807) is 0 Å². The van der Waals surface area contributed by atoms with Crippen LogP contribution in [0.4, 0.5) is 0 Å². The van der Waals surface area contributed by atoms with E-state index in [4.69, 9.17) is 10.5 Å². The first kappa shape index (κ1) is 11.1. The quantitative estimate of drug-likeness (QED) is 0.790. The molecule has 0 heterocycles. The van der Waals surface area contributed by atoms with Gasteiger partial charge in [0.2, 0.25) is 0 Å². The summed E-state index contributed by atoms with van der Waals surface area (Å²) < 4.78 is 4.77. The molecule has 0 amide bonds. The minimum absolute atomic E-state index is 0.209. The smallest absolute Gasteiger partial charge is 0.312 e. The average Bonchev–Trinajstić information content (AvgIpc) is 3.06. The number of hydrogen-bond acceptors (Lipinski definition) is 3. The molecule has 3 nitrogen and oxygen atoms in total.